The predicted molar refractivity (Wildman–Crippen MR) is 115 cm³/mol. The number of pyridine rings is 1. The molecule has 0 spiro atoms. The molecule has 0 atom stereocenters. The summed E-state index contributed by atoms with van der Waals surface area (Å²) in [4.78, 5) is 16.8. The largest absolute Gasteiger partial charge is 0.494 e. The number of nitrogens with zero attached hydrogens (tertiary/aromatic N) is 1. The number of ether oxygens (including phenoxy) is 2. The van der Waals surface area contributed by atoms with Gasteiger partial charge in [0.1, 0.15) is 17.2 Å². The molecule has 0 aliphatic rings. The quantitative estimate of drug-likeness (QED) is 0.548. The molecule has 150 valence electrons. The van der Waals surface area contributed by atoms with Gasteiger partial charge < -0.3 is 20.1 Å². The number of amides is 1. The van der Waals surface area contributed by atoms with Gasteiger partial charge >= 0.3 is 0 Å². The van der Waals surface area contributed by atoms with E-state index in [1.54, 1.807) is 18.3 Å². The van der Waals surface area contributed by atoms with Gasteiger partial charge in [-0.3, -0.25) is 4.79 Å². The SMILES string of the molecule is CCOc1ccc(Nc2ccc(C(=O)Nc3ccccc3OC(C)C)nc2)cc1. The second-order valence-electron chi connectivity index (χ2n) is 6.63. The monoisotopic (exact) mass is 391 g/mol. The first-order valence-corrected chi connectivity index (χ1v) is 9.58. The predicted octanol–water partition coefficient (Wildman–Crippen LogP) is 5.26. The molecule has 6 heteroatoms. The molecule has 0 radical (unpaired) electrons. The molecular weight excluding hydrogens is 366 g/mol. The van der Waals surface area contributed by atoms with E-state index in [-0.39, 0.29) is 12.0 Å². The summed E-state index contributed by atoms with van der Waals surface area (Å²) < 4.78 is 11.2. The van der Waals surface area contributed by atoms with Crippen LogP contribution in [0.5, 0.6) is 11.5 Å². The molecule has 2 aromatic carbocycles. The lowest BCUT2D eigenvalue weighted by Gasteiger charge is -2.14. The number of hydrogen-bond acceptors (Lipinski definition) is 5. The summed E-state index contributed by atoms with van der Waals surface area (Å²) in [7, 11) is 0. The minimum Gasteiger partial charge on any atom is -0.494 e. The standard InChI is InChI=1S/C23H25N3O3/c1-4-28-19-12-9-17(10-13-19)25-18-11-14-21(24-15-18)23(27)26-20-7-5-6-8-22(20)29-16(2)3/h5-16,25H,4H2,1-3H3,(H,26,27). The van der Waals surface area contributed by atoms with Gasteiger partial charge in [-0.25, -0.2) is 4.98 Å². The van der Waals surface area contributed by atoms with Crippen molar-refractivity contribution in [3.8, 4) is 11.5 Å². The maximum absolute atomic E-state index is 12.6. The van der Waals surface area contributed by atoms with Crippen molar-refractivity contribution < 1.29 is 14.3 Å². The van der Waals surface area contributed by atoms with E-state index < -0.39 is 0 Å². The molecule has 0 unspecified atom stereocenters. The second-order valence-corrected chi connectivity index (χ2v) is 6.63. The van der Waals surface area contributed by atoms with Crippen molar-refractivity contribution in [3.63, 3.8) is 0 Å². The van der Waals surface area contributed by atoms with E-state index in [1.807, 2.05) is 69.3 Å². The second kappa shape index (κ2) is 9.59. The molecule has 0 saturated heterocycles. The summed E-state index contributed by atoms with van der Waals surface area (Å²) in [5.74, 6) is 1.16. The zero-order chi connectivity index (χ0) is 20.6. The zero-order valence-electron chi connectivity index (χ0n) is 16.8. The van der Waals surface area contributed by atoms with Crippen LogP contribution in [-0.2, 0) is 0 Å². The van der Waals surface area contributed by atoms with Gasteiger partial charge in [-0.1, -0.05) is 12.1 Å². The van der Waals surface area contributed by atoms with Crippen molar-refractivity contribution in [1.29, 1.82) is 0 Å². The van der Waals surface area contributed by atoms with Gasteiger partial charge in [-0.15, -0.1) is 0 Å². The number of aromatic nitrogens is 1. The van der Waals surface area contributed by atoms with Crippen LogP contribution in [0.2, 0.25) is 0 Å². The van der Waals surface area contributed by atoms with Crippen LogP contribution in [-0.4, -0.2) is 23.6 Å². The number of para-hydroxylation sites is 2. The number of hydrogen-bond donors (Lipinski definition) is 2. The molecule has 29 heavy (non-hydrogen) atoms. The lowest BCUT2D eigenvalue weighted by molar-refractivity contribution is 0.102. The summed E-state index contributed by atoms with van der Waals surface area (Å²) in [5, 5.41) is 6.11. The topological polar surface area (TPSA) is 72.5 Å². The van der Waals surface area contributed by atoms with Crippen LogP contribution in [0.1, 0.15) is 31.3 Å². The molecular formula is C23H25N3O3. The maximum atomic E-state index is 12.6. The highest BCUT2D eigenvalue weighted by molar-refractivity contribution is 6.03. The van der Waals surface area contributed by atoms with Gasteiger partial charge in [0.05, 0.1) is 30.3 Å². The smallest absolute Gasteiger partial charge is 0.274 e. The maximum Gasteiger partial charge on any atom is 0.274 e. The van der Waals surface area contributed by atoms with Crippen LogP contribution in [0.4, 0.5) is 17.1 Å². The van der Waals surface area contributed by atoms with Crippen LogP contribution >= 0.6 is 0 Å². The van der Waals surface area contributed by atoms with Crippen LogP contribution in [0.25, 0.3) is 0 Å². The fraction of sp³-hybridized carbons (Fsp3) is 0.217. The Bertz CT molecular complexity index is 938. The fourth-order valence-electron chi connectivity index (χ4n) is 2.68. The highest BCUT2D eigenvalue weighted by atomic mass is 16.5. The minimum atomic E-state index is -0.294. The van der Waals surface area contributed by atoms with Crippen molar-refractivity contribution >= 4 is 23.0 Å². The lowest BCUT2D eigenvalue weighted by Crippen LogP contribution is -2.15. The molecule has 3 aromatic rings. The minimum absolute atomic E-state index is 0.0131. The fourth-order valence-corrected chi connectivity index (χ4v) is 2.68. The first kappa shape index (κ1) is 20.2. The van der Waals surface area contributed by atoms with Gasteiger partial charge in [-0.2, -0.15) is 0 Å². The Morgan fingerprint density at radius 1 is 1.00 bits per heavy atom. The molecule has 2 N–H and O–H groups in total. The Labute approximate surface area is 170 Å². The van der Waals surface area contributed by atoms with Gasteiger partial charge in [0.25, 0.3) is 5.91 Å². The van der Waals surface area contributed by atoms with Crippen LogP contribution in [0.3, 0.4) is 0 Å². The molecule has 0 saturated carbocycles. The van der Waals surface area contributed by atoms with E-state index in [1.165, 1.54) is 0 Å². The Morgan fingerprint density at radius 2 is 1.72 bits per heavy atom. The third-order valence-electron chi connectivity index (χ3n) is 3.95. The first-order valence-electron chi connectivity index (χ1n) is 9.58. The third kappa shape index (κ3) is 5.72. The van der Waals surface area contributed by atoms with Gasteiger partial charge in [0.15, 0.2) is 0 Å². The Morgan fingerprint density at radius 3 is 2.38 bits per heavy atom. The molecule has 1 amide bonds. The van der Waals surface area contributed by atoms with Crippen LogP contribution in [0, 0.1) is 0 Å². The molecule has 6 nitrogen and oxygen atoms in total. The molecule has 0 fully saturated rings. The Balaban J connectivity index is 1.65. The van der Waals surface area contributed by atoms with Crippen molar-refractivity contribution in [2.45, 2.75) is 26.9 Å². The molecule has 1 heterocycles. The van der Waals surface area contributed by atoms with E-state index in [4.69, 9.17) is 9.47 Å². The zero-order valence-corrected chi connectivity index (χ0v) is 16.8. The highest BCUT2D eigenvalue weighted by Gasteiger charge is 2.12. The average molecular weight is 391 g/mol. The normalized spacial score (nSPS) is 10.5. The number of anilines is 3. The van der Waals surface area contributed by atoms with Crippen LogP contribution < -0.4 is 20.1 Å². The molecule has 0 aliphatic heterocycles. The van der Waals surface area contributed by atoms with Gasteiger partial charge in [0, 0.05) is 5.69 Å². The Kier molecular flexibility index (Phi) is 6.68. The number of benzene rings is 2. The summed E-state index contributed by atoms with van der Waals surface area (Å²) in [6.45, 7) is 6.46. The first-order chi connectivity index (χ1) is 14.0. The molecule has 3 rings (SSSR count). The number of carbonyl (C=O) groups is 1. The summed E-state index contributed by atoms with van der Waals surface area (Å²) in [6, 6.07) is 18.5. The highest BCUT2D eigenvalue weighted by Crippen LogP contribution is 2.25. The Hall–Kier alpha value is -3.54. The van der Waals surface area contributed by atoms with Crippen LogP contribution in [0.15, 0.2) is 66.9 Å². The van der Waals surface area contributed by atoms with E-state index >= 15 is 0 Å². The van der Waals surface area contributed by atoms with E-state index in [0.29, 0.717) is 23.7 Å². The number of carbonyl (C=O) groups excluding carboxylic acids is 1. The van der Waals surface area contributed by atoms with Crippen molar-refractivity contribution in [2.75, 3.05) is 17.2 Å². The van der Waals surface area contributed by atoms with E-state index in [9.17, 15) is 4.79 Å². The molecule has 0 aliphatic carbocycles. The van der Waals surface area contributed by atoms with Crippen molar-refractivity contribution in [3.05, 3.63) is 72.6 Å². The van der Waals surface area contributed by atoms with E-state index in [0.717, 1.165) is 17.1 Å². The number of rotatable bonds is 8. The van der Waals surface area contributed by atoms with Gasteiger partial charge in [0.2, 0.25) is 0 Å². The van der Waals surface area contributed by atoms with Gasteiger partial charge in [-0.05, 0) is 69.3 Å². The summed E-state index contributed by atoms with van der Waals surface area (Å²) in [6.07, 6.45) is 1.64. The average Bonchev–Trinajstić information content (AvgIpc) is 2.71. The summed E-state index contributed by atoms with van der Waals surface area (Å²) in [5.41, 5.74) is 2.63. The number of nitrogens with one attached hydrogen (secondary N) is 2. The lowest BCUT2D eigenvalue weighted by atomic mass is 10.2. The molecule has 1 aromatic heterocycles. The van der Waals surface area contributed by atoms with Crippen molar-refractivity contribution in [2.24, 2.45) is 0 Å². The van der Waals surface area contributed by atoms with Crippen molar-refractivity contribution in [1.82, 2.24) is 4.98 Å². The third-order valence-corrected chi connectivity index (χ3v) is 3.95. The van der Waals surface area contributed by atoms with E-state index in [2.05, 4.69) is 15.6 Å². The summed E-state index contributed by atoms with van der Waals surface area (Å²) >= 11 is 0. The molecule has 0 bridgehead atoms.